The molecule has 1 unspecified atom stereocenters. The molecule has 0 saturated carbocycles. The number of hydrogen-bond donors (Lipinski definition) is 0. The van der Waals surface area contributed by atoms with E-state index in [1.54, 1.807) is 6.92 Å². The number of alkyl halides is 6. The van der Waals surface area contributed by atoms with Crippen molar-refractivity contribution in [2.45, 2.75) is 50.9 Å². The summed E-state index contributed by atoms with van der Waals surface area (Å²) in [7, 11) is 0. The molecular formula is C10H14F6OS. The number of carbonyl (C=O) groups excluding carboxylic acids is 1. The lowest BCUT2D eigenvalue weighted by atomic mass is 10.1. The molecule has 0 aromatic carbocycles. The molecule has 0 radical (unpaired) electrons. The molecule has 0 rings (SSSR count). The van der Waals surface area contributed by atoms with Crippen LogP contribution < -0.4 is 0 Å². The van der Waals surface area contributed by atoms with E-state index in [0.29, 0.717) is 0 Å². The van der Waals surface area contributed by atoms with Gasteiger partial charge < -0.3 is 0 Å². The third kappa shape index (κ3) is 9.61. The van der Waals surface area contributed by atoms with Crippen LogP contribution in [-0.4, -0.2) is 29.1 Å². The molecule has 18 heavy (non-hydrogen) atoms. The molecule has 0 aromatic heterocycles. The van der Waals surface area contributed by atoms with Crippen LogP contribution in [0.1, 0.15) is 32.6 Å². The van der Waals surface area contributed by atoms with E-state index in [1.807, 2.05) is 0 Å². The number of rotatable bonds is 7. The maximum Gasteiger partial charge on any atom is 0.394 e. The first-order chi connectivity index (χ1) is 8.06. The van der Waals surface area contributed by atoms with Crippen molar-refractivity contribution in [1.82, 2.24) is 0 Å². The van der Waals surface area contributed by atoms with Gasteiger partial charge in [-0.25, -0.2) is 13.2 Å². The number of thioether (sulfide) groups is 1. The molecule has 0 saturated heterocycles. The molecule has 8 heteroatoms. The average Bonchev–Trinajstić information content (AvgIpc) is 2.12. The second kappa shape index (κ2) is 7.25. The van der Waals surface area contributed by atoms with Gasteiger partial charge in [-0.3, -0.25) is 4.79 Å². The SMILES string of the molecule is CCC(=O)SCCC(F)CC(F)(F)CC(F)(F)F. The minimum absolute atomic E-state index is 0.00403. The Morgan fingerprint density at radius 2 is 1.78 bits per heavy atom. The summed E-state index contributed by atoms with van der Waals surface area (Å²) in [5.74, 6) is -4.10. The van der Waals surface area contributed by atoms with Gasteiger partial charge in [0.15, 0.2) is 5.12 Å². The van der Waals surface area contributed by atoms with Crippen molar-refractivity contribution in [3.63, 3.8) is 0 Å². The van der Waals surface area contributed by atoms with Gasteiger partial charge in [-0.05, 0) is 6.42 Å². The topological polar surface area (TPSA) is 17.1 Å². The zero-order chi connectivity index (χ0) is 14.4. The Hall–Kier alpha value is -0.400. The zero-order valence-electron chi connectivity index (χ0n) is 9.70. The highest BCUT2D eigenvalue weighted by atomic mass is 32.2. The molecule has 0 amide bonds. The molecule has 0 aliphatic rings. The largest absolute Gasteiger partial charge is 0.394 e. The minimum Gasteiger partial charge on any atom is -0.287 e. The van der Waals surface area contributed by atoms with Crippen molar-refractivity contribution in [1.29, 1.82) is 0 Å². The zero-order valence-corrected chi connectivity index (χ0v) is 10.5. The van der Waals surface area contributed by atoms with Gasteiger partial charge in [0.25, 0.3) is 5.92 Å². The molecule has 0 bridgehead atoms. The summed E-state index contributed by atoms with van der Waals surface area (Å²) in [6.45, 7) is 1.60. The van der Waals surface area contributed by atoms with Crippen LogP contribution in [0.2, 0.25) is 0 Å². The minimum atomic E-state index is -5.02. The summed E-state index contributed by atoms with van der Waals surface area (Å²) >= 11 is 0.798. The quantitative estimate of drug-likeness (QED) is 0.649. The molecule has 0 aliphatic carbocycles. The summed E-state index contributed by atoms with van der Waals surface area (Å²) in [5.41, 5.74) is 0. The highest BCUT2D eigenvalue weighted by Gasteiger charge is 2.44. The van der Waals surface area contributed by atoms with Crippen LogP contribution in [-0.2, 0) is 4.79 Å². The molecule has 0 spiro atoms. The van der Waals surface area contributed by atoms with Gasteiger partial charge in [0.2, 0.25) is 0 Å². The van der Waals surface area contributed by atoms with Crippen LogP contribution in [0.15, 0.2) is 0 Å². The second-order valence-electron chi connectivity index (χ2n) is 3.81. The molecule has 0 fully saturated rings. The number of hydrogen-bond acceptors (Lipinski definition) is 2. The molecule has 0 heterocycles. The maximum atomic E-state index is 13.1. The summed E-state index contributed by atoms with van der Waals surface area (Å²) in [5, 5.41) is -0.204. The number of carbonyl (C=O) groups is 1. The first-order valence-electron chi connectivity index (χ1n) is 5.30. The predicted molar refractivity (Wildman–Crippen MR) is 57.5 cm³/mol. The van der Waals surface area contributed by atoms with Gasteiger partial charge in [0, 0.05) is 18.6 Å². The van der Waals surface area contributed by atoms with E-state index in [1.165, 1.54) is 0 Å². The van der Waals surface area contributed by atoms with E-state index in [-0.39, 0.29) is 23.7 Å². The van der Waals surface area contributed by atoms with E-state index >= 15 is 0 Å². The maximum absolute atomic E-state index is 13.1. The van der Waals surface area contributed by atoms with E-state index < -0.39 is 31.1 Å². The molecular weight excluding hydrogens is 282 g/mol. The van der Waals surface area contributed by atoms with E-state index in [0.717, 1.165) is 11.8 Å². The fourth-order valence-electron chi connectivity index (χ4n) is 1.19. The summed E-state index contributed by atoms with van der Waals surface area (Å²) in [6.07, 6.45) is -11.0. The van der Waals surface area contributed by atoms with Gasteiger partial charge in [0.05, 0.1) is 0 Å². The van der Waals surface area contributed by atoms with Gasteiger partial charge in [-0.15, -0.1) is 0 Å². The predicted octanol–water partition coefficient (Wildman–Crippen LogP) is 4.36. The van der Waals surface area contributed by atoms with Crippen LogP contribution in [0, 0.1) is 0 Å². The Balaban J connectivity index is 3.99. The lowest BCUT2D eigenvalue weighted by Gasteiger charge is -2.19. The van der Waals surface area contributed by atoms with Crippen molar-refractivity contribution in [2.24, 2.45) is 0 Å². The summed E-state index contributed by atoms with van der Waals surface area (Å²) in [6, 6.07) is 0. The third-order valence-electron chi connectivity index (χ3n) is 1.96. The van der Waals surface area contributed by atoms with E-state index in [9.17, 15) is 31.1 Å². The van der Waals surface area contributed by atoms with Crippen molar-refractivity contribution in [3.8, 4) is 0 Å². The molecule has 1 nitrogen and oxygen atoms in total. The smallest absolute Gasteiger partial charge is 0.287 e. The van der Waals surface area contributed by atoms with Crippen LogP contribution in [0.25, 0.3) is 0 Å². The van der Waals surface area contributed by atoms with Gasteiger partial charge >= 0.3 is 6.18 Å². The van der Waals surface area contributed by atoms with Crippen LogP contribution in [0.4, 0.5) is 26.3 Å². The summed E-state index contributed by atoms with van der Waals surface area (Å²) in [4.78, 5) is 10.8. The Labute approximate surface area is 105 Å². The van der Waals surface area contributed by atoms with Crippen LogP contribution >= 0.6 is 11.8 Å². The molecule has 0 aliphatic heterocycles. The second-order valence-corrected chi connectivity index (χ2v) is 4.96. The Morgan fingerprint density at radius 3 is 2.22 bits per heavy atom. The normalized spacial score (nSPS) is 14.6. The van der Waals surface area contributed by atoms with Crippen LogP contribution in [0.5, 0.6) is 0 Å². The van der Waals surface area contributed by atoms with Crippen molar-refractivity contribution in [2.75, 3.05) is 5.75 Å². The first kappa shape index (κ1) is 17.6. The molecule has 1 atom stereocenters. The average molecular weight is 296 g/mol. The summed E-state index contributed by atoms with van der Waals surface area (Å²) < 4.78 is 73.9. The van der Waals surface area contributed by atoms with Crippen molar-refractivity contribution >= 4 is 16.9 Å². The fraction of sp³-hybridized carbons (Fsp3) is 0.900. The highest BCUT2D eigenvalue weighted by Crippen LogP contribution is 2.35. The van der Waals surface area contributed by atoms with E-state index in [2.05, 4.69) is 0 Å². The third-order valence-corrected chi connectivity index (χ3v) is 3.01. The van der Waals surface area contributed by atoms with Crippen molar-refractivity contribution < 1.29 is 31.1 Å². The van der Waals surface area contributed by atoms with Gasteiger partial charge in [0.1, 0.15) is 12.6 Å². The van der Waals surface area contributed by atoms with Crippen molar-refractivity contribution in [3.05, 3.63) is 0 Å². The van der Waals surface area contributed by atoms with E-state index in [4.69, 9.17) is 0 Å². The van der Waals surface area contributed by atoms with Crippen LogP contribution in [0.3, 0.4) is 0 Å². The van der Waals surface area contributed by atoms with Gasteiger partial charge in [-0.2, -0.15) is 13.2 Å². The number of halogens is 6. The lowest BCUT2D eigenvalue weighted by Crippen LogP contribution is -2.29. The molecule has 0 N–H and O–H groups in total. The lowest BCUT2D eigenvalue weighted by molar-refractivity contribution is -0.192. The molecule has 0 aromatic rings. The standard InChI is InChI=1S/C10H14F6OS/c1-2-8(17)18-4-3-7(11)5-9(12,13)6-10(14,15)16/h7H,2-6H2,1H3. The fourth-order valence-corrected chi connectivity index (χ4v) is 2.00. The monoisotopic (exact) mass is 296 g/mol. The Kier molecular flexibility index (Phi) is 7.09. The van der Waals surface area contributed by atoms with Gasteiger partial charge in [-0.1, -0.05) is 18.7 Å². The first-order valence-corrected chi connectivity index (χ1v) is 6.28. The Morgan fingerprint density at radius 1 is 1.22 bits per heavy atom. The highest BCUT2D eigenvalue weighted by molar-refractivity contribution is 8.13. The molecule has 108 valence electrons. The Bertz CT molecular complexity index is 266.